The van der Waals surface area contributed by atoms with Gasteiger partial charge in [0.1, 0.15) is 5.82 Å². The highest BCUT2D eigenvalue weighted by atomic mass is 32.1. The second kappa shape index (κ2) is 2.58. The normalized spacial score (nSPS) is 10.0. The zero-order chi connectivity index (χ0) is 8.55. The van der Waals surface area contributed by atoms with Crippen molar-refractivity contribution in [1.82, 2.24) is 0 Å². The molecule has 12 heavy (non-hydrogen) atoms. The van der Waals surface area contributed by atoms with Crippen LogP contribution in [-0.2, 0) is 0 Å². The molecule has 0 N–H and O–H groups in total. The molecule has 3 heteroatoms. The Labute approximate surface area is 72.7 Å². The first-order chi connectivity index (χ1) is 5.83. The fourth-order valence-corrected chi connectivity index (χ4v) is 1.95. The average molecular weight is 177 g/mol. The summed E-state index contributed by atoms with van der Waals surface area (Å²) in [4.78, 5) is 0. The number of nitrogens with zero attached hydrogens (tertiary/aromatic N) is 1. The predicted octanol–water partition coefficient (Wildman–Crippen LogP) is 2.91. The number of hydrogen-bond acceptors (Lipinski definition) is 2. The average Bonchev–Trinajstić information content (AvgIpc) is 2.54. The van der Waals surface area contributed by atoms with Gasteiger partial charge in [-0.05, 0) is 23.6 Å². The number of hydrogen-bond donors (Lipinski definition) is 0. The fraction of sp³-hybridized carbons (Fsp3) is 0. The van der Waals surface area contributed by atoms with Gasteiger partial charge in [-0.3, -0.25) is 0 Å². The summed E-state index contributed by atoms with van der Waals surface area (Å²) in [6.45, 7) is 0. The molecule has 0 aliphatic carbocycles. The third-order valence-electron chi connectivity index (χ3n) is 1.69. The van der Waals surface area contributed by atoms with Gasteiger partial charge in [0.05, 0.1) is 16.3 Å². The van der Waals surface area contributed by atoms with Crippen LogP contribution in [0.3, 0.4) is 0 Å². The number of thiophene rings is 1. The molecule has 1 aromatic carbocycles. The summed E-state index contributed by atoms with van der Waals surface area (Å²) in [7, 11) is 0. The van der Waals surface area contributed by atoms with Crippen LogP contribution in [0.5, 0.6) is 0 Å². The molecular formula is C9H4FNS. The van der Waals surface area contributed by atoms with Gasteiger partial charge in [-0.25, -0.2) is 4.39 Å². The number of nitriles is 1. The van der Waals surface area contributed by atoms with Crippen LogP contribution in [-0.4, -0.2) is 0 Å². The van der Waals surface area contributed by atoms with Crippen molar-refractivity contribution in [2.75, 3.05) is 0 Å². The molecule has 1 nitrogen and oxygen atoms in total. The van der Waals surface area contributed by atoms with Gasteiger partial charge in [0.25, 0.3) is 0 Å². The molecule has 0 aliphatic rings. The summed E-state index contributed by atoms with van der Waals surface area (Å²) in [5.74, 6) is -0.251. The Morgan fingerprint density at radius 2 is 2.17 bits per heavy atom. The van der Waals surface area contributed by atoms with Gasteiger partial charge in [0, 0.05) is 5.39 Å². The molecule has 0 fully saturated rings. The minimum Gasteiger partial charge on any atom is -0.205 e. The van der Waals surface area contributed by atoms with Crippen LogP contribution in [0, 0.1) is 17.1 Å². The van der Waals surface area contributed by atoms with Crippen molar-refractivity contribution >= 4 is 21.4 Å². The van der Waals surface area contributed by atoms with E-state index in [1.165, 1.54) is 23.5 Å². The third-order valence-corrected chi connectivity index (χ3v) is 2.61. The molecule has 0 amide bonds. The van der Waals surface area contributed by atoms with Crippen LogP contribution in [0.15, 0.2) is 23.6 Å². The first-order valence-corrected chi connectivity index (χ1v) is 4.26. The summed E-state index contributed by atoms with van der Waals surface area (Å²) in [6, 6.07) is 6.62. The van der Waals surface area contributed by atoms with Crippen molar-refractivity contribution in [2.45, 2.75) is 0 Å². The van der Waals surface area contributed by atoms with E-state index in [-0.39, 0.29) is 5.82 Å². The Morgan fingerprint density at radius 3 is 2.92 bits per heavy atom. The van der Waals surface area contributed by atoms with Crippen molar-refractivity contribution in [1.29, 1.82) is 5.26 Å². The summed E-state index contributed by atoms with van der Waals surface area (Å²) in [5, 5.41) is 11.2. The SMILES string of the molecule is N#Cc1ccc(F)c2sccc12. The fourth-order valence-electron chi connectivity index (χ4n) is 1.13. The topological polar surface area (TPSA) is 23.8 Å². The zero-order valence-corrected chi connectivity index (χ0v) is 6.86. The van der Waals surface area contributed by atoms with Crippen molar-refractivity contribution in [3.63, 3.8) is 0 Å². The van der Waals surface area contributed by atoms with E-state index in [1.54, 1.807) is 11.4 Å². The number of fused-ring (bicyclic) bond motifs is 1. The Hall–Kier alpha value is -1.40. The van der Waals surface area contributed by atoms with Crippen LogP contribution >= 0.6 is 11.3 Å². The number of rotatable bonds is 0. The highest BCUT2D eigenvalue weighted by Gasteiger charge is 2.05. The molecule has 0 spiro atoms. The Kier molecular flexibility index (Phi) is 1.56. The van der Waals surface area contributed by atoms with Crippen LogP contribution in [0.25, 0.3) is 10.1 Å². The largest absolute Gasteiger partial charge is 0.205 e. The number of benzene rings is 1. The highest BCUT2D eigenvalue weighted by molar-refractivity contribution is 7.17. The maximum absolute atomic E-state index is 13.0. The zero-order valence-electron chi connectivity index (χ0n) is 6.04. The van der Waals surface area contributed by atoms with Crippen molar-refractivity contribution in [2.24, 2.45) is 0 Å². The molecule has 0 unspecified atom stereocenters. The van der Waals surface area contributed by atoms with Crippen LogP contribution in [0.4, 0.5) is 4.39 Å². The molecule has 58 valence electrons. The van der Waals surface area contributed by atoms with E-state index >= 15 is 0 Å². The Bertz CT molecular complexity index is 467. The third kappa shape index (κ3) is 0.892. The lowest BCUT2D eigenvalue weighted by molar-refractivity contribution is 0.641. The second-order valence-electron chi connectivity index (χ2n) is 2.37. The van der Waals surface area contributed by atoms with Crippen LogP contribution in [0.1, 0.15) is 5.56 Å². The van der Waals surface area contributed by atoms with Gasteiger partial charge in [-0.2, -0.15) is 5.26 Å². The summed E-state index contributed by atoms with van der Waals surface area (Å²) in [5.41, 5.74) is 0.535. The monoisotopic (exact) mass is 177 g/mol. The van der Waals surface area contributed by atoms with Gasteiger partial charge in [-0.15, -0.1) is 11.3 Å². The van der Waals surface area contributed by atoms with Gasteiger partial charge in [-0.1, -0.05) is 0 Å². The smallest absolute Gasteiger partial charge is 0.141 e. The summed E-state index contributed by atoms with van der Waals surface area (Å²) >= 11 is 1.32. The molecule has 0 saturated heterocycles. The van der Waals surface area contributed by atoms with Crippen LogP contribution < -0.4 is 0 Å². The molecule has 2 aromatic rings. The van der Waals surface area contributed by atoms with Gasteiger partial charge in [0.15, 0.2) is 0 Å². The minimum atomic E-state index is -0.251. The lowest BCUT2D eigenvalue weighted by Crippen LogP contribution is -1.78. The maximum Gasteiger partial charge on any atom is 0.141 e. The molecule has 0 bridgehead atoms. The molecule has 0 radical (unpaired) electrons. The standard InChI is InChI=1S/C9H4FNS/c10-8-2-1-6(5-11)7-3-4-12-9(7)8/h1-4H. The van der Waals surface area contributed by atoms with E-state index in [2.05, 4.69) is 0 Å². The van der Waals surface area contributed by atoms with E-state index in [0.717, 1.165) is 0 Å². The molecule has 0 aliphatic heterocycles. The van der Waals surface area contributed by atoms with Crippen molar-refractivity contribution in [3.8, 4) is 6.07 Å². The van der Waals surface area contributed by atoms with Crippen LogP contribution in [0.2, 0.25) is 0 Å². The lowest BCUT2D eigenvalue weighted by Gasteiger charge is -1.93. The van der Waals surface area contributed by atoms with Crippen molar-refractivity contribution < 1.29 is 4.39 Å². The molecular weight excluding hydrogens is 173 g/mol. The molecule has 0 atom stereocenters. The summed E-state index contributed by atoms with van der Waals surface area (Å²) < 4.78 is 13.6. The first-order valence-electron chi connectivity index (χ1n) is 3.39. The molecule has 1 heterocycles. The van der Waals surface area contributed by atoms with Crippen molar-refractivity contribution in [3.05, 3.63) is 35.0 Å². The first kappa shape index (κ1) is 7.26. The van der Waals surface area contributed by atoms with E-state index < -0.39 is 0 Å². The van der Waals surface area contributed by atoms with E-state index in [1.807, 2.05) is 6.07 Å². The quantitative estimate of drug-likeness (QED) is 0.607. The molecule has 1 aromatic heterocycles. The minimum absolute atomic E-state index is 0.251. The summed E-state index contributed by atoms with van der Waals surface area (Å²) in [6.07, 6.45) is 0. The number of halogens is 1. The van der Waals surface area contributed by atoms with Gasteiger partial charge < -0.3 is 0 Å². The highest BCUT2D eigenvalue weighted by Crippen LogP contribution is 2.26. The van der Waals surface area contributed by atoms with E-state index in [4.69, 9.17) is 5.26 Å². The lowest BCUT2D eigenvalue weighted by atomic mass is 10.1. The molecule has 2 rings (SSSR count). The molecule has 0 saturated carbocycles. The van der Waals surface area contributed by atoms with E-state index in [0.29, 0.717) is 15.6 Å². The maximum atomic E-state index is 13.0. The Balaban J connectivity index is 2.94. The Morgan fingerprint density at radius 1 is 1.33 bits per heavy atom. The second-order valence-corrected chi connectivity index (χ2v) is 3.29. The van der Waals surface area contributed by atoms with Gasteiger partial charge in [0.2, 0.25) is 0 Å². The predicted molar refractivity (Wildman–Crippen MR) is 46.5 cm³/mol. The van der Waals surface area contributed by atoms with E-state index in [9.17, 15) is 4.39 Å². The van der Waals surface area contributed by atoms with Gasteiger partial charge >= 0.3 is 0 Å².